The summed E-state index contributed by atoms with van der Waals surface area (Å²) in [5.41, 5.74) is 1.23. The Hall–Kier alpha value is -0.640. The lowest BCUT2D eigenvalue weighted by Gasteiger charge is -2.37. The molecule has 0 spiro atoms. The largest absolute Gasteiger partial charge is 0.493 e. The number of hydrogen-bond donors (Lipinski definition) is 1. The van der Waals surface area contributed by atoms with Gasteiger partial charge in [-0.05, 0) is 62.2 Å². The number of ether oxygens (including phenoxy) is 1. The molecule has 6 heteroatoms. The van der Waals surface area contributed by atoms with Crippen LogP contribution in [0, 0.1) is 5.41 Å². The highest BCUT2D eigenvalue weighted by molar-refractivity contribution is 6.42. The molecule has 1 N–H and O–H groups in total. The van der Waals surface area contributed by atoms with Crippen molar-refractivity contribution in [2.75, 3.05) is 19.7 Å². The van der Waals surface area contributed by atoms with Crippen LogP contribution in [0.5, 0.6) is 5.75 Å². The molecule has 1 aliphatic heterocycles. The molecule has 2 aromatic carbocycles. The fourth-order valence-corrected chi connectivity index (χ4v) is 3.82. The number of piperidine rings is 1. The van der Waals surface area contributed by atoms with Gasteiger partial charge < -0.3 is 10.1 Å². The zero-order chi connectivity index (χ0) is 17.9. The van der Waals surface area contributed by atoms with Gasteiger partial charge in [0.05, 0.1) is 26.7 Å². The predicted molar refractivity (Wildman–Crippen MR) is 107 cm³/mol. The summed E-state index contributed by atoms with van der Waals surface area (Å²) in [7, 11) is 0. The summed E-state index contributed by atoms with van der Waals surface area (Å²) in [6, 6.07) is 11.2. The second kappa shape index (κ2) is 8.37. The summed E-state index contributed by atoms with van der Waals surface area (Å²) in [5, 5.41) is 5.62. The highest BCUT2D eigenvalue weighted by Gasteiger charge is 2.33. The standard InChI is InChI=1S/C19H19Cl4NO/c20-15-3-1-13(9-17(15)22)11-19(5-7-24-8-6-19)12-25-14-2-4-16(21)18(23)10-14/h1-4,9-10,24H,5-8,11-12H2. The molecule has 0 atom stereocenters. The maximum Gasteiger partial charge on any atom is 0.120 e. The predicted octanol–water partition coefficient (Wildman–Crippen LogP) is 6.29. The molecule has 1 fully saturated rings. The highest BCUT2D eigenvalue weighted by Crippen LogP contribution is 2.36. The molecule has 2 aromatic rings. The van der Waals surface area contributed by atoms with Crippen molar-refractivity contribution in [3.05, 3.63) is 62.1 Å². The molecule has 25 heavy (non-hydrogen) atoms. The maximum atomic E-state index is 6.18. The Labute approximate surface area is 168 Å². The van der Waals surface area contributed by atoms with Crippen molar-refractivity contribution in [1.29, 1.82) is 0 Å². The Morgan fingerprint density at radius 2 is 1.48 bits per heavy atom. The van der Waals surface area contributed by atoms with Gasteiger partial charge in [0.15, 0.2) is 0 Å². The second-order valence-electron chi connectivity index (χ2n) is 6.54. The van der Waals surface area contributed by atoms with Gasteiger partial charge in [0.1, 0.15) is 5.75 Å². The van der Waals surface area contributed by atoms with E-state index in [-0.39, 0.29) is 5.41 Å². The summed E-state index contributed by atoms with van der Waals surface area (Å²) in [6.07, 6.45) is 2.97. The number of nitrogens with one attached hydrogen (secondary N) is 1. The van der Waals surface area contributed by atoms with Crippen molar-refractivity contribution >= 4 is 46.4 Å². The number of benzene rings is 2. The molecule has 0 bridgehead atoms. The third-order valence-corrected chi connectivity index (χ3v) is 6.14. The minimum atomic E-state index is 0.0501. The van der Waals surface area contributed by atoms with Gasteiger partial charge in [-0.3, -0.25) is 0 Å². The van der Waals surface area contributed by atoms with Crippen LogP contribution in [0.2, 0.25) is 20.1 Å². The van der Waals surface area contributed by atoms with Crippen LogP contribution in [0.1, 0.15) is 18.4 Å². The summed E-state index contributed by atoms with van der Waals surface area (Å²) in [6.45, 7) is 2.57. The van der Waals surface area contributed by atoms with Gasteiger partial charge in [0.25, 0.3) is 0 Å². The molecule has 0 aromatic heterocycles. The number of halogens is 4. The topological polar surface area (TPSA) is 21.3 Å². The van der Waals surface area contributed by atoms with Crippen LogP contribution in [-0.2, 0) is 6.42 Å². The second-order valence-corrected chi connectivity index (χ2v) is 8.17. The molecule has 0 aliphatic carbocycles. The average molecular weight is 419 g/mol. The van der Waals surface area contributed by atoms with Crippen LogP contribution < -0.4 is 10.1 Å². The SMILES string of the molecule is Clc1ccc(CC2(COc3ccc(Cl)c(Cl)c3)CCNCC2)cc1Cl. The van der Waals surface area contributed by atoms with E-state index in [0.29, 0.717) is 26.7 Å². The first kappa shape index (κ1) is 19.1. The third kappa shape index (κ3) is 4.96. The summed E-state index contributed by atoms with van der Waals surface area (Å²) < 4.78 is 6.08. The maximum absolute atomic E-state index is 6.18. The van der Waals surface area contributed by atoms with Crippen molar-refractivity contribution in [2.24, 2.45) is 5.41 Å². The summed E-state index contributed by atoms with van der Waals surface area (Å²) >= 11 is 24.3. The first-order valence-electron chi connectivity index (χ1n) is 8.20. The molecule has 0 amide bonds. The number of hydrogen-bond acceptors (Lipinski definition) is 2. The molecule has 134 valence electrons. The minimum absolute atomic E-state index is 0.0501. The number of rotatable bonds is 5. The average Bonchev–Trinajstić information content (AvgIpc) is 2.60. The molecule has 0 unspecified atom stereocenters. The van der Waals surface area contributed by atoms with E-state index < -0.39 is 0 Å². The van der Waals surface area contributed by atoms with E-state index in [9.17, 15) is 0 Å². The molecule has 0 radical (unpaired) electrons. The van der Waals surface area contributed by atoms with E-state index in [1.165, 1.54) is 5.56 Å². The molecule has 1 heterocycles. The van der Waals surface area contributed by atoms with Gasteiger partial charge in [-0.1, -0.05) is 52.5 Å². The first-order chi connectivity index (χ1) is 12.0. The van der Waals surface area contributed by atoms with Crippen molar-refractivity contribution in [3.63, 3.8) is 0 Å². The van der Waals surface area contributed by atoms with Gasteiger partial charge >= 0.3 is 0 Å². The molecule has 2 nitrogen and oxygen atoms in total. The lowest BCUT2D eigenvalue weighted by atomic mass is 9.75. The van der Waals surface area contributed by atoms with Gasteiger partial charge in [0.2, 0.25) is 0 Å². The zero-order valence-corrected chi connectivity index (χ0v) is 16.7. The van der Waals surface area contributed by atoms with Gasteiger partial charge in [0, 0.05) is 11.5 Å². The van der Waals surface area contributed by atoms with Gasteiger partial charge in [-0.15, -0.1) is 0 Å². The van der Waals surface area contributed by atoms with Gasteiger partial charge in [-0.25, -0.2) is 0 Å². The van der Waals surface area contributed by atoms with Crippen molar-refractivity contribution in [2.45, 2.75) is 19.3 Å². The quantitative estimate of drug-likeness (QED) is 0.615. The van der Waals surface area contributed by atoms with Crippen molar-refractivity contribution in [3.8, 4) is 5.75 Å². The minimum Gasteiger partial charge on any atom is -0.493 e. The van der Waals surface area contributed by atoms with Crippen molar-refractivity contribution < 1.29 is 4.74 Å². The summed E-state index contributed by atoms with van der Waals surface area (Å²) in [4.78, 5) is 0. The first-order valence-corrected chi connectivity index (χ1v) is 9.71. The van der Waals surface area contributed by atoms with E-state index in [4.69, 9.17) is 51.1 Å². The van der Waals surface area contributed by atoms with Crippen LogP contribution in [0.25, 0.3) is 0 Å². The summed E-state index contributed by atoms with van der Waals surface area (Å²) in [5.74, 6) is 0.737. The molecule has 1 aliphatic rings. The molecule has 3 rings (SSSR count). The fourth-order valence-electron chi connectivity index (χ4n) is 3.21. The lowest BCUT2D eigenvalue weighted by Crippen LogP contribution is -2.42. The van der Waals surface area contributed by atoms with E-state index in [0.717, 1.165) is 38.1 Å². The molecule has 0 saturated carbocycles. The Morgan fingerprint density at radius 3 is 2.12 bits per heavy atom. The van der Waals surface area contributed by atoms with Crippen LogP contribution in [0.15, 0.2) is 36.4 Å². The van der Waals surface area contributed by atoms with Crippen LogP contribution >= 0.6 is 46.4 Å². The Morgan fingerprint density at radius 1 is 0.840 bits per heavy atom. The monoisotopic (exact) mass is 417 g/mol. The van der Waals surface area contributed by atoms with E-state index in [1.54, 1.807) is 12.1 Å². The normalized spacial score (nSPS) is 16.6. The molecule has 1 saturated heterocycles. The van der Waals surface area contributed by atoms with E-state index in [1.807, 2.05) is 24.3 Å². The van der Waals surface area contributed by atoms with Gasteiger partial charge in [-0.2, -0.15) is 0 Å². The molecular formula is C19H19Cl4NO. The lowest BCUT2D eigenvalue weighted by molar-refractivity contribution is 0.104. The fraction of sp³-hybridized carbons (Fsp3) is 0.368. The van der Waals surface area contributed by atoms with Crippen LogP contribution in [-0.4, -0.2) is 19.7 Å². The zero-order valence-electron chi connectivity index (χ0n) is 13.6. The molecular weight excluding hydrogens is 400 g/mol. The van der Waals surface area contributed by atoms with Crippen molar-refractivity contribution in [1.82, 2.24) is 5.32 Å². The Balaban J connectivity index is 1.75. The Bertz CT molecular complexity index is 744. The van der Waals surface area contributed by atoms with Crippen LogP contribution in [0.3, 0.4) is 0 Å². The third-order valence-electron chi connectivity index (χ3n) is 4.66. The Kier molecular flexibility index (Phi) is 6.40. The van der Waals surface area contributed by atoms with Crippen LogP contribution in [0.4, 0.5) is 0 Å². The highest BCUT2D eigenvalue weighted by atomic mass is 35.5. The smallest absolute Gasteiger partial charge is 0.120 e. The van der Waals surface area contributed by atoms with E-state index in [2.05, 4.69) is 5.32 Å². The van der Waals surface area contributed by atoms with E-state index >= 15 is 0 Å².